The second-order valence-electron chi connectivity index (χ2n) is 5.80. The fourth-order valence-corrected chi connectivity index (χ4v) is 2.54. The van der Waals surface area contributed by atoms with Gasteiger partial charge >= 0.3 is 0 Å². The summed E-state index contributed by atoms with van der Waals surface area (Å²) in [7, 11) is 0. The smallest absolute Gasteiger partial charge is 0.245 e. The normalized spacial score (nSPS) is 18.9. The van der Waals surface area contributed by atoms with E-state index in [0.717, 1.165) is 31.5 Å². The molecule has 1 aliphatic heterocycles. The number of hydrogen-bond acceptors (Lipinski definition) is 3. The van der Waals surface area contributed by atoms with Crippen molar-refractivity contribution in [2.45, 2.75) is 38.3 Å². The first-order valence-electron chi connectivity index (χ1n) is 7.37. The van der Waals surface area contributed by atoms with Crippen LogP contribution in [0, 0.1) is 0 Å². The molecule has 1 aromatic carbocycles. The largest absolute Gasteiger partial charge is 0.343 e. The van der Waals surface area contributed by atoms with E-state index in [2.05, 4.69) is 5.32 Å². The van der Waals surface area contributed by atoms with Gasteiger partial charge in [0, 0.05) is 13.1 Å². The average Bonchev–Trinajstić information content (AvgIpc) is 3.01. The van der Waals surface area contributed by atoms with Crippen molar-refractivity contribution in [1.82, 2.24) is 10.2 Å². The van der Waals surface area contributed by atoms with Crippen molar-refractivity contribution in [3.63, 3.8) is 0 Å². The van der Waals surface area contributed by atoms with Crippen molar-refractivity contribution in [2.24, 2.45) is 5.73 Å². The Morgan fingerprint density at radius 1 is 1.24 bits per heavy atom. The molecule has 0 saturated carbocycles. The van der Waals surface area contributed by atoms with Crippen LogP contribution in [0.5, 0.6) is 0 Å². The molecule has 114 valence electrons. The van der Waals surface area contributed by atoms with Crippen LogP contribution in [0.4, 0.5) is 0 Å². The molecule has 5 nitrogen and oxygen atoms in total. The number of carbonyl (C=O) groups excluding carboxylic acids is 2. The maximum Gasteiger partial charge on any atom is 0.245 e. The number of likely N-dealkylation sites (tertiary alicyclic amines) is 1. The maximum absolute atomic E-state index is 12.4. The minimum Gasteiger partial charge on any atom is -0.343 e. The van der Waals surface area contributed by atoms with Crippen molar-refractivity contribution in [3.05, 3.63) is 35.9 Å². The van der Waals surface area contributed by atoms with Crippen molar-refractivity contribution in [1.29, 1.82) is 0 Å². The topological polar surface area (TPSA) is 75.4 Å². The van der Waals surface area contributed by atoms with Crippen LogP contribution in [0.1, 0.15) is 32.3 Å². The maximum atomic E-state index is 12.4. The van der Waals surface area contributed by atoms with Gasteiger partial charge in [-0.05, 0) is 32.3 Å². The summed E-state index contributed by atoms with van der Waals surface area (Å²) in [5.41, 5.74) is 5.72. The number of nitrogens with zero attached hydrogens (tertiary/aromatic N) is 1. The first-order chi connectivity index (χ1) is 9.93. The van der Waals surface area contributed by atoms with Crippen LogP contribution in [0.15, 0.2) is 30.3 Å². The third-order valence-corrected chi connectivity index (χ3v) is 3.98. The van der Waals surface area contributed by atoms with Gasteiger partial charge in [0.05, 0.1) is 0 Å². The summed E-state index contributed by atoms with van der Waals surface area (Å²) in [6.45, 7) is 4.92. The van der Waals surface area contributed by atoms with Crippen LogP contribution >= 0.6 is 0 Å². The molecule has 5 heteroatoms. The number of hydrogen-bond donors (Lipinski definition) is 2. The van der Waals surface area contributed by atoms with Gasteiger partial charge < -0.3 is 16.0 Å². The van der Waals surface area contributed by atoms with Gasteiger partial charge in [0.2, 0.25) is 11.8 Å². The van der Waals surface area contributed by atoms with E-state index in [-0.39, 0.29) is 11.8 Å². The van der Waals surface area contributed by atoms with Crippen LogP contribution in [0.25, 0.3) is 0 Å². The second kappa shape index (κ2) is 6.26. The van der Waals surface area contributed by atoms with Gasteiger partial charge in [0.15, 0.2) is 0 Å². The standard InChI is InChI=1S/C16H23N3O2/c1-12(14(20)19-10-6-7-11-19)18-15(21)16(2,17)13-8-4-3-5-9-13/h3-5,8-9,12H,6-7,10-11,17H2,1-2H3,(H,18,21). The van der Waals surface area contributed by atoms with Gasteiger partial charge in [-0.2, -0.15) is 0 Å². The zero-order valence-corrected chi connectivity index (χ0v) is 12.6. The molecule has 2 amide bonds. The fourth-order valence-electron chi connectivity index (χ4n) is 2.54. The highest BCUT2D eigenvalue weighted by atomic mass is 16.2. The molecule has 2 unspecified atom stereocenters. The third kappa shape index (κ3) is 3.42. The molecule has 2 atom stereocenters. The van der Waals surface area contributed by atoms with Crippen molar-refractivity contribution in [3.8, 4) is 0 Å². The highest BCUT2D eigenvalue weighted by Gasteiger charge is 2.33. The van der Waals surface area contributed by atoms with Gasteiger partial charge in [0.25, 0.3) is 0 Å². The number of nitrogens with one attached hydrogen (secondary N) is 1. The molecule has 2 rings (SSSR count). The summed E-state index contributed by atoms with van der Waals surface area (Å²) in [5, 5.41) is 2.74. The quantitative estimate of drug-likeness (QED) is 0.868. The Bertz CT molecular complexity index is 508. The van der Waals surface area contributed by atoms with Gasteiger partial charge in [0.1, 0.15) is 11.6 Å². The van der Waals surface area contributed by atoms with E-state index < -0.39 is 11.6 Å². The van der Waals surface area contributed by atoms with Gasteiger partial charge in [-0.3, -0.25) is 9.59 Å². The lowest BCUT2D eigenvalue weighted by Crippen LogP contribution is -2.55. The van der Waals surface area contributed by atoms with Crippen LogP contribution in [0.3, 0.4) is 0 Å². The van der Waals surface area contributed by atoms with E-state index in [4.69, 9.17) is 5.73 Å². The number of benzene rings is 1. The Morgan fingerprint density at radius 3 is 2.38 bits per heavy atom. The van der Waals surface area contributed by atoms with E-state index in [1.54, 1.807) is 18.7 Å². The first-order valence-corrected chi connectivity index (χ1v) is 7.37. The Balaban J connectivity index is 2.01. The van der Waals surface area contributed by atoms with E-state index in [1.165, 1.54) is 0 Å². The monoisotopic (exact) mass is 289 g/mol. The van der Waals surface area contributed by atoms with Crippen molar-refractivity contribution in [2.75, 3.05) is 13.1 Å². The minimum absolute atomic E-state index is 0.0373. The average molecular weight is 289 g/mol. The molecule has 0 aromatic heterocycles. The van der Waals surface area contributed by atoms with Crippen LogP contribution in [-0.2, 0) is 15.1 Å². The Kier molecular flexibility index (Phi) is 4.63. The summed E-state index contributed by atoms with van der Waals surface area (Å²) in [5.74, 6) is -0.376. The van der Waals surface area contributed by atoms with Crippen molar-refractivity contribution >= 4 is 11.8 Å². The Morgan fingerprint density at radius 2 is 1.81 bits per heavy atom. The zero-order chi connectivity index (χ0) is 15.5. The molecule has 1 heterocycles. The summed E-state index contributed by atoms with van der Waals surface area (Å²) in [4.78, 5) is 26.4. The SMILES string of the molecule is CC(NC(=O)C(C)(N)c1ccccc1)C(=O)N1CCCC1. The van der Waals surface area contributed by atoms with Crippen LogP contribution < -0.4 is 11.1 Å². The lowest BCUT2D eigenvalue weighted by atomic mass is 9.92. The summed E-state index contributed by atoms with van der Waals surface area (Å²) in [6.07, 6.45) is 2.07. The predicted molar refractivity (Wildman–Crippen MR) is 81.4 cm³/mol. The highest BCUT2D eigenvalue weighted by Crippen LogP contribution is 2.18. The lowest BCUT2D eigenvalue weighted by molar-refractivity contribution is -0.136. The van der Waals surface area contributed by atoms with Gasteiger partial charge in [-0.25, -0.2) is 0 Å². The lowest BCUT2D eigenvalue weighted by Gasteiger charge is -2.27. The van der Waals surface area contributed by atoms with Crippen LogP contribution in [0.2, 0.25) is 0 Å². The molecule has 1 saturated heterocycles. The molecule has 1 aromatic rings. The van der Waals surface area contributed by atoms with E-state index in [9.17, 15) is 9.59 Å². The number of carbonyl (C=O) groups is 2. The van der Waals surface area contributed by atoms with Gasteiger partial charge in [-0.15, -0.1) is 0 Å². The predicted octanol–water partition coefficient (Wildman–Crippen LogP) is 0.988. The van der Waals surface area contributed by atoms with Gasteiger partial charge in [-0.1, -0.05) is 30.3 Å². The van der Waals surface area contributed by atoms with Crippen LogP contribution in [-0.4, -0.2) is 35.8 Å². The fraction of sp³-hybridized carbons (Fsp3) is 0.500. The molecule has 0 bridgehead atoms. The molecule has 1 fully saturated rings. The van der Waals surface area contributed by atoms with E-state index >= 15 is 0 Å². The van der Waals surface area contributed by atoms with E-state index in [1.807, 2.05) is 30.3 Å². The molecule has 1 aliphatic rings. The molecule has 0 spiro atoms. The molecule has 21 heavy (non-hydrogen) atoms. The second-order valence-corrected chi connectivity index (χ2v) is 5.80. The molecular formula is C16H23N3O2. The number of rotatable bonds is 4. The highest BCUT2D eigenvalue weighted by molar-refractivity contribution is 5.92. The number of nitrogens with two attached hydrogens (primary N) is 1. The summed E-state index contributed by atoms with van der Waals surface area (Å²) < 4.78 is 0. The molecule has 0 aliphatic carbocycles. The Labute approximate surface area is 125 Å². The summed E-state index contributed by atoms with van der Waals surface area (Å²) >= 11 is 0. The van der Waals surface area contributed by atoms with Crippen molar-refractivity contribution < 1.29 is 9.59 Å². The minimum atomic E-state index is -1.15. The van der Waals surface area contributed by atoms with E-state index in [0.29, 0.717) is 0 Å². The molecule has 3 N–H and O–H groups in total. The first kappa shape index (κ1) is 15.5. The number of amides is 2. The Hall–Kier alpha value is -1.88. The summed E-state index contributed by atoms with van der Waals surface area (Å²) in [6, 6.07) is 8.62. The third-order valence-electron chi connectivity index (χ3n) is 3.98. The molecular weight excluding hydrogens is 266 g/mol. The zero-order valence-electron chi connectivity index (χ0n) is 12.6. The molecule has 0 radical (unpaired) electrons.